The van der Waals surface area contributed by atoms with Gasteiger partial charge in [-0.2, -0.15) is 0 Å². The van der Waals surface area contributed by atoms with E-state index in [4.69, 9.17) is 17.3 Å². The Balaban J connectivity index is 2.21. The molecule has 0 saturated carbocycles. The molecule has 0 aromatic heterocycles. The molecule has 0 bridgehead atoms. The maximum Gasteiger partial charge on any atom is 0.0500 e. The molecule has 0 radical (unpaired) electrons. The lowest BCUT2D eigenvalue weighted by molar-refractivity contribution is 0.883. The molecule has 2 nitrogen and oxygen atoms in total. The number of nitrogen functional groups attached to an aromatic ring is 1. The molecule has 0 fully saturated rings. The van der Waals surface area contributed by atoms with Gasteiger partial charge in [-0.1, -0.05) is 29.8 Å². The first-order valence-corrected chi connectivity index (χ1v) is 6.33. The Morgan fingerprint density at radius 3 is 2.56 bits per heavy atom. The predicted molar refractivity (Wildman–Crippen MR) is 79.1 cm³/mol. The minimum atomic E-state index is 0.154. The molecule has 1 atom stereocenters. The van der Waals surface area contributed by atoms with E-state index in [2.05, 4.69) is 12.2 Å². The summed E-state index contributed by atoms with van der Waals surface area (Å²) in [7, 11) is 0. The molecule has 94 valence electrons. The van der Waals surface area contributed by atoms with E-state index in [1.54, 1.807) is 0 Å². The van der Waals surface area contributed by atoms with Gasteiger partial charge in [0.1, 0.15) is 0 Å². The van der Waals surface area contributed by atoms with Gasteiger partial charge in [-0.15, -0.1) is 0 Å². The summed E-state index contributed by atoms with van der Waals surface area (Å²) in [4.78, 5) is 0. The van der Waals surface area contributed by atoms with Gasteiger partial charge in [0.15, 0.2) is 0 Å². The molecular formula is C15H17ClN2. The summed E-state index contributed by atoms with van der Waals surface area (Å²) < 4.78 is 0. The molecule has 3 N–H and O–H groups in total. The molecule has 2 aromatic rings. The van der Waals surface area contributed by atoms with E-state index < -0.39 is 0 Å². The number of benzene rings is 2. The Labute approximate surface area is 113 Å². The van der Waals surface area contributed by atoms with E-state index in [-0.39, 0.29) is 6.04 Å². The first kappa shape index (κ1) is 12.8. The van der Waals surface area contributed by atoms with Crippen molar-refractivity contribution in [2.24, 2.45) is 0 Å². The van der Waals surface area contributed by atoms with Gasteiger partial charge >= 0.3 is 0 Å². The van der Waals surface area contributed by atoms with Gasteiger partial charge in [0.05, 0.1) is 0 Å². The summed E-state index contributed by atoms with van der Waals surface area (Å²) in [5.74, 6) is 0. The fourth-order valence-corrected chi connectivity index (χ4v) is 2.29. The first-order chi connectivity index (χ1) is 8.58. The second-order valence-corrected chi connectivity index (χ2v) is 4.87. The lowest BCUT2D eigenvalue weighted by Crippen LogP contribution is -2.08. The summed E-state index contributed by atoms with van der Waals surface area (Å²) in [6.07, 6.45) is 0. The zero-order valence-corrected chi connectivity index (χ0v) is 11.3. The SMILES string of the molecule is Cc1cc(N)ccc1NC(C)c1ccccc1Cl. The number of aryl methyl sites for hydroxylation is 1. The third-order valence-electron chi connectivity index (χ3n) is 2.99. The van der Waals surface area contributed by atoms with Crippen molar-refractivity contribution in [2.75, 3.05) is 11.1 Å². The number of hydrogen-bond acceptors (Lipinski definition) is 2. The van der Waals surface area contributed by atoms with Gasteiger partial charge in [0.25, 0.3) is 0 Å². The van der Waals surface area contributed by atoms with E-state index in [9.17, 15) is 0 Å². The number of halogens is 1. The Kier molecular flexibility index (Phi) is 3.78. The first-order valence-electron chi connectivity index (χ1n) is 5.95. The molecule has 0 aliphatic rings. The minimum absolute atomic E-state index is 0.154. The highest BCUT2D eigenvalue weighted by Crippen LogP contribution is 2.27. The lowest BCUT2D eigenvalue weighted by Gasteiger charge is -2.18. The van der Waals surface area contributed by atoms with E-state index >= 15 is 0 Å². The highest BCUT2D eigenvalue weighted by Gasteiger charge is 2.09. The molecule has 0 spiro atoms. The lowest BCUT2D eigenvalue weighted by atomic mass is 10.1. The van der Waals surface area contributed by atoms with Gasteiger partial charge in [0.2, 0.25) is 0 Å². The molecule has 1 unspecified atom stereocenters. The normalized spacial score (nSPS) is 12.2. The van der Waals surface area contributed by atoms with Crippen molar-refractivity contribution in [1.29, 1.82) is 0 Å². The molecule has 0 heterocycles. The Hall–Kier alpha value is -1.67. The minimum Gasteiger partial charge on any atom is -0.399 e. The number of nitrogens with one attached hydrogen (secondary N) is 1. The van der Waals surface area contributed by atoms with Crippen LogP contribution in [-0.2, 0) is 0 Å². The molecule has 0 aliphatic carbocycles. The number of nitrogens with two attached hydrogens (primary N) is 1. The number of hydrogen-bond donors (Lipinski definition) is 2. The molecule has 0 saturated heterocycles. The summed E-state index contributed by atoms with van der Waals surface area (Å²) in [5.41, 5.74) is 9.83. The van der Waals surface area contributed by atoms with Crippen molar-refractivity contribution in [3.63, 3.8) is 0 Å². The van der Waals surface area contributed by atoms with E-state index in [1.807, 2.05) is 49.4 Å². The van der Waals surface area contributed by atoms with Crippen molar-refractivity contribution in [3.05, 3.63) is 58.6 Å². The van der Waals surface area contributed by atoms with Crippen LogP contribution in [0.5, 0.6) is 0 Å². The van der Waals surface area contributed by atoms with Gasteiger partial charge in [-0.3, -0.25) is 0 Å². The molecule has 3 heteroatoms. The number of rotatable bonds is 3. The van der Waals surface area contributed by atoms with Crippen LogP contribution in [0.3, 0.4) is 0 Å². The van der Waals surface area contributed by atoms with E-state index in [0.29, 0.717) is 0 Å². The predicted octanol–water partition coefficient (Wildman–Crippen LogP) is 4.40. The van der Waals surface area contributed by atoms with Crippen molar-refractivity contribution in [3.8, 4) is 0 Å². The molecule has 0 aliphatic heterocycles. The van der Waals surface area contributed by atoms with Crippen LogP contribution in [0.4, 0.5) is 11.4 Å². The zero-order valence-electron chi connectivity index (χ0n) is 10.6. The Morgan fingerprint density at radius 1 is 1.17 bits per heavy atom. The highest BCUT2D eigenvalue weighted by atomic mass is 35.5. The van der Waals surface area contributed by atoms with Crippen LogP contribution in [0.25, 0.3) is 0 Å². The van der Waals surface area contributed by atoms with Gasteiger partial charge in [0, 0.05) is 22.4 Å². The second kappa shape index (κ2) is 5.32. The van der Waals surface area contributed by atoms with Gasteiger partial charge in [-0.05, 0) is 49.2 Å². The fraction of sp³-hybridized carbons (Fsp3) is 0.200. The maximum atomic E-state index is 6.19. The van der Waals surface area contributed by atoms with Crippen LogP contribution >= 0.6 is 11.6 Å². The highest BCUT2D eigenvalue weighted by molar-refractivity contribution is 6.31. The average molecular weight is 261 g/mol. The summed E-state index contributed by atoms with van der Waals surface area (Å²) in [6, 6.07) is 13.9. The van der Waals surface area contributed by atoms with Gasteiger partial charge < -0.3 is 11.1 Å². The number of anilines is 2. The van der Waals surface area contributed by atoms with Crippen molar-refractivity contribution >= 4 is 23.0 Å². The van der Waals surface area contributed by atoms with Crippen LogP contribution in [0.1, 0.15) is 24.1 Å². The Morgan fingerprint density at radius 2 is 1.89 bits per heavy atom. The average Bonchev–Trinajstić information content (AvgIpc) is 2.33. The summed E-state index contributed by atoms with van der Waals surface area (Å²) in [6.45, 7) is 4.13. The molecular weight excluding hydrogens is 244 g/mol. The van der Waals surface area contributed by atoms with Crippen LogP contribution in [0.15, 0.2) is 42.5 Å². The van der Waals surface area contributed by atoms with E-state index in [1.165, 1.54) is 0 Å². The third-order valence-corrected chi connectivity index (χ3v) is 3.34. The maximum absolute atomic E-state index is 6.19. The monoisotopic (exact) mass is 260 g/mol. The second-order valence-electron chi connectivity index (χ2n) is 4.46. The van der Waals surface area contributed by atoms with Crippen molar-refractivity contribution in [2.45, 2.75) is 19.9 Å². The van der Waals surface area contributed by atoms with Crippen LogP contribution < -0.4 is 11.1 Å². The van der Waals surface area contributed by atoms with Gasteiger partial charge in [-0.25, -0.2) is 0 Å². The standard InChI is InChI=1S/C15H17ClN2/c1-10-9-12(17)7-8-15(10)18-11(2)13-5-3-4-6-14(13)16/h3-9,11,18H,17H2,1-2H3. The smallest absolute Gasteiger partial charge is 0.0500 e. The van der Waals surface area contributed by atoms with Crippen LogP contribution in [0, 0.1) is 6.92 Å². The summed E-state index contributed by atoms with van der Waals surface area (Å²) in [5, 5.41) is 4.24. The molecule has 2 aromatic carbocycles. The molecule has 0 amide bonds. The summed E-state index contributed by atoms with van der Waals surface area (Å²) >= 11 is 6.19. The third kappa shape index (κ3) is 2.77. The van der Waals surface area contributed by atoms with Crippen molar-refractivity contribution < 1.29 is 0 Å². The largest absolute Gasteiger partial charge is 0.399 e. The van der Waals surface area contributed by atoms with Crippen molar-refractivity contribution in [1.82, 2.24) is 0 Å². The van der Waals surface area contributed by atoms with Crippen LogP contribution in [-0.4, -0.2) is 0 Å². The van der Waals surface area contributed by atoms with Crippen LogP contribution in [0.2, 0.25) is 5.02 Å². The fourth-order valence-electron chi connectivity index (χ4n) is 1.99. The quantitative estimate of drug-likeness (QED) is 0.803. The van der Waals surface area contributed by atoms with E-state index in [0.717, 1.165) is 27.5 Å². The molecule has 18 heavy (non-hydrogen) atoms. The topological polar surface area (TPSA) is 38.0 Å². The zero-order chi connectivity index (χ0) is 13.1. The molecule has 2 rings (SSSR count). The Bertz CT molecular complexity index is 552.